The molecule has 0 saturated carbocycles. The Balaban J connectivity index is 1.69. The Morgan fingerprint density at radius 2 is 2.20 bits per heavy atom. The van der Waals surface area contributed by atoms with Gasteiger partial charge in [-0.1, -0.05) is 31.5 Å². The van der Waals surface area contributed by atoms with Crippen LogP contribution in [-0.4, -0.2) is 42.4 Å². The van der Waals surface area contributed by atoms with Gasteiger partial charge in [-0.2, -0.15) is 0 Å². The van der Waals surface area contributed by atoms with E-state index in [1.54, 1.807) is 5.56 Å². The zero-order valence-corrected chi connectivity index (χ0v) is 13.5. The molecule has 1 aromatic carbocycles. The molecule has 3 atom stereocenters. The van der Waals surface area contributed by atoms with Gasteiger partial charge < -0.3 is 5.32 Å². The number of benzene rings is 1. The van der Waals surface area contributed by atoms with Crippen LogP contribution in [0.15, 0.2) is 29.2 Å². The molecule has 1 saturated heterocycles. The molecule has 0 aromatic heterocycles. The van der Waals surface area contributed by atoms with E-state index < -0.39 is 0 Å². The lowest BCUT2D eigenvalue weighted by Gasteiger charge is -2.40. The van der Waals surface area contributed by atoms with E-state index in [0.717, 1.165) is 18.5 Å². The summed E-state index contributed by atoms with van der Waals surface area (Å²) in [6.07, 6.45) is 2.61. The maximum atomic E-state index is 3.64. The van der Waals surface area contributed by atoms with Crippen molar-refractivity contribution in [3.05, 3.63) is 29.8 Å². The quantitative estimate of drug-likeness (QED) is 0.915. The first kappa shape index (κ1) is 14.4. The third-order valence-electron chi connectivity index (χ3n) is 4.60. The standard InChI is InChI=1S/C17H26N2S/c1-3-6-15-9-18-13(2)10-19(15)11-14-12-20-17-8-5-4-7-16(14)17/h4-5,7-8,13-15,18H,3,6,9-12H2,1-2H3. The Kier molecular flexibility index (Phi) is 4.69. The average Bonchev–Trinajstić information content (AvgIpc) is 2.86. The molecule has 0 aliphatic carbocycles. The second-order valence-electron chi connectivity index (χ2n) is 6.25. The first-order chi connectivity index (χ1) is 9.78. The molecule has 0 bridgehead atoms. The zero-order chi connectivity index (χ0) is 13.9. The highest BCUT2D eigenvalue weighted by atomic mass is 32.2. The molecular weight excluding hydrogens is 264 g/mol. The number of rotatable bonds is 4. The Hall–Kier alpha value is -0.510. The van der Waals surface area contributed by atoms with Crippen LogP contribution in [0.2, 0.25) is 0 Å². The smallest absolute Gasteiger partial charge is 0.0221 e. The van der Waals surface area contributed by atoms with Crippen LogP contribution in [0.25, 0.3) is 0 Å². The van der Waals surface area contributed by atoms with Gasteiger partial charge in [0.25, 0.3) is 0 Å². The zero-order valence-electron chi connectivity index (χ0n) is 12.6. The van der Waals surface area contributed by atoms with Crippen LogP contribution in [0.3, 0.4) is 0 Å². The van der Waals surface area contributed by atoms with Gasteiger partial charge in [-0.25, -0.2) is 0 Å². The molecule has 0 radical (unpaired) electrons. The van der Waals surface area contributed by atoms with E-state index in [-0.39, 0.29) is 0 Å². The number of thioether (sulfide) groups is 1. The van der Waals surface area contributed by atoms with Gasteiger partial charge in [0.05, 0.1) is 0 Å². The molecule has 2 aliphatic rings. The van der Waals surface area contributed by atoms with Gasteiger partial charge in [0.1, 0.15) is 0 Å². The first-order valence-corrected chi connectivity index (χ1v) is 8.95. The first-order valence-electron chi connectivity index (χ1n) is 7.97. The lowest BCUT2D eigenvalue weighted by Crippen LogP contribution is -2.56. The van der Waals surface area contributed by atoms with E-state index in [4.69, 9.17) is 0 Å². The topological polar surface area (TPSA) is 15.3 Å². The fourth-order valence-corrected chi connectivity index (χ4v) is 4.78. The van der Waals surface area contributed by atoms with Gasteiger partial charge in [0.2, 0.25) is 0 Å². The SMILES string of the molecule is CCCC1CNC(C)CN1CC1CSc2ccccc21. The van der Waals surface area contributed by atoms with E-state index in [1.807, 2.05) is 11.8 Å². The molecule has 3 unspecified atom stereocenters. The van der Waals surface area contributed by atoms with Crippen LogP contribution in [0, 0.1) is 0 Å². The van der Waals surface area contributed by atoms with Crippen LogP contribution in [0.4, 0.5) is 0 Å². The molecule has 0 amide bonds. The number of nitrogens with one attached hydrogen (secondary N) is 1. The fraction of sp³-hybridized carbons (Fsp3) is 0.647. The molecule has 2 aliphatic heterocycles. The van der Waals surface area contributed by atoms with Crippen molar-refractivity contribution in [2.24, 2.45) is 0 Å². The van der Waals surface area contributed by atoms with Crippen molar-refractivity contribution in [3.63, 3.8) is 0 Å². The number of hydrogen-bond donors (Lipinski definition) is 1. The summed E-state index contributed by atoms with van der Waals surface area (Å²) in [7, 11) is 0. The van der Waals surface area contributed by atoms with E-state index in [2.05, 4.69) is 48.3 Å². The van der Waals surface area contributed by atoms with Gasteiger partial charge >= 0.3 is 0 Å². The van der Waals surface area contributed by atoms with Crippen LogP contribution in [0.1, 0.15) is 38.2 Å². The second-order valence-corrected chi connectivity index (χ2v) is 7.31. The summed E-state index contributed by atoms with van der Waals surface area (Å²) in [5, 5.41) is 3.64. The molecule has 3 heteroatoms. The number of fused-ring (bicyclic) bond motifs is 1. The molecule has 3 rings (SSSR count). The van der Waals surface area contributed by atoms with Gasteiger partial charge in [0, 0.05) is 48.3 Å². The highest BCUT2D eigenvalue weighted by Crippen LogP contribution is 2.40. The summed E-state index contributed by atoms with van der Waals surface area (Å²) in [5.41, 5.74) is 1.58. The molecule has 1 aromatic rings. The third kappa shape index (κ3) is 3.05. The van der Waals surface area contributed by atoms with Crippen LogP contribution >= 0.6 is 11.8 Å². The van der Waals surface area contributed by atoms with Crippen LogP contribution < -0.4 is 5.32 Å². The fourth-order valence-electron chi connectivity index (χ4n) is 3.54. The van der Waals surface area contributed by atoms with Crippen molar-refractivity contribution in [2.75, 3.05) is 25.4 Å². The normalized spacial score (nSPS) is 30.4. The average molecular weight is 290 g/mol. The lowest BCUT2D eigenvalue weighted by molar-refractivity contribution is 0.122. The monoisotopic (exact) mass is 290 g/mol. The van der Waals surface area contributed by atoms with Crippen molar-refractivity contribution in [3.8, 4) is 0 Å². The molecule has 20 heavy (non-hydrogen) atoms. The van der Waals surface area contributed by atoms with E-state index in [9.17, 15) is 0 Å². The molecule has 2 nitrogen and oxygen atoms in total. The minimum absolute atomic E-state index is 0.632. The molecule has 110 valence electrons. The highest BCUT2D eigenvalue weighted by Gasteiger charge is 2.30. The summed E-state index contributed by atoms with van der Waals surface area (Å²) in [6.45, 7) is 8.22. The van der Waals surface area contributed by atoms with Gasteiger partial charge in [-0.3, -0.25) is 4.90 Å². The van der Waals surface area contributed by atoms with Crippen molar-refractivity contribution < 1.29 is 0 Å². The van der Waals surface area contributed by atoms with Crippen LogP contribution in [0.5, 0.6) is 0 Å². The number of hydrogen-bond acceptors (Lipinski definition) is 3. The van der Waals surface area contributed by atoms with Crippen LogP contribution in [-0.2, 0) is 0 Å². The largest absolute Gasteiger partial charge is 0.311 e. The Labute approximate surface area is 127 Å². The minimum Gasteiger partial charge on any atom is -0.311 e. The third-order valence-corrected chi connectivity index (χ3v) is 5.85. The predicted molar refractivity (Wildman–Crippen MR) is 87.6 cm³/mol. The highest BCUT2D eigenvalue weighted by molar-refractivity contribution is 7.99. The van der Waals surface area contributed by atoms with Gasteiger partial charge in [-0.15, -0.1) is 11.8 Å². The Morgan fingerprint density at radius 1 is 1.35 bits per heavy atom. The molecule has 2 heterocycles. The molecule has 1 fully saturated rings. The Bertz CT molecular complexity index is 448. The molecule has 1 N–H and O–H groups in total. The molecule has 0 spiro atoms. The van der Waals surface area contributed by atoms with Crippen molar-refractivity contribution >= 4 is 11.8 Å². The lowest BCUT2D eigenvalue weighted by atomic mass is 9.97. The summed E-state index contributed by atoms with van der Waals surface area (Å²) in [6, 6.07) is 10.3. The summed E-state index contributed by atoms with van der Waals surface area (Å²) >= 11 is 2.04. The van der Waals surface area contributed by atoms with E-state index in [0.29, 0.717) is 6.04 Å². The molecular formula is C17H26N2S. The summed E-state index contributed by atoms with van der Waals surface area (Å²) < 4.78 is 0. The Morgan fingerprint density at radius 3 is 3.05 bits per heavy atom. The van der Waals surface area contributed by atoms with Gasteiger partial charge in [-0.05, 0) is 25.0 Å². The minimum atomic E-state index is 0.632. The summed E-state index contributed by atoms with van der Waals surface area (Å²) in [5.74, 6) is 1.98. The van der Waals surface area contributed by atoms with Crippen molar-refractivity contribution in [1.82, 2.24) is 10.2 Å². The van der Waals surface area contributed by atoms with Crippen molar-refractivity contribution in [2.45, 2.75) is 49.6 Å². The number of nitrogens with zero attached hydrogens (tertiary/aromatic N) is 1. The number of piperazine rings is 1. The predicted octanol–water partition coefficient (Wildman–Crippen LogP) is 3.34. The maximum Gasteiger partial charge on any atom is 0.0221 e. The summed E-state index contributed by atoms with van der Waals surface area (Å²) in [4.78, 5) is 4.26. The van der Waals surface area contributed by atoms with E-state index >= 15 is 0 Å². The van der Waals surface area contributed by atoms with E-state index in [1.165, 1.54) is 36.6 Å². The maximum absolute atomic E-state index is 3.64. The van der Waals surface area contributed by atoms with Crippen molar-refractivity contribution in [1.29, 1.82) is 0 Å². The van der Waals surface area contributed by atoms with Gasteiger partial charge in [0.15, 0.2) is 0 Å². The second kappa shape index (κ2) is 6.50.